The van der Waals surface area contributed by atoms with E-state index in [4.69, 9.17) is 5.73 Å². The van der Waals surface area contributed by atoms with Crippen LogP contribution in [0.5, 0.6) is 0 Å². The minimum absolute atomic E-state index is 0.470. The third kappa shape index (κ3) is 6.05. The van der Waals surface area contributed by atoms with Gasteiger partial charge in [-0.2, -0.15) is 0 Å². The van der Waals surface area contributed by atoms with Crippen LogP contribution in [0.1, 0.15) is 25.0 Å². The van der Waals surface area contributed by atoms with Crippen LogP contribution in [-0.4, -0.2) is 55.2 Å². The van der Waals surface area contributed by atoms with E-state index in [1.165, 1.54) is 0 Å². The third-order valence-electron chi connectivity index (χ3n) is 3.25. The molecule has 0 aliphatic heterocycles. The molecular weight excluding hydrogens is 238 g/mol. The smallest absolute Gasteiger partial charge is 0.0917 e. The average Bonchev–Trinajstić information content (AvgIpc) is 2.37. The van der Waals surface area contributed by atoms with Gasteiger partial charge in [0.15, 0.2) is 0 Å². The van der Waals surface area contributed by atoms with Gasteiger partial charge in [-0.05, 0) is 57.8 Å². The standard InChI is InChI=1S/C15H27N3O/c1-4-18(10-6-9-17(2)3)12-15(19)13-7-5-8-14(16)11-13/h5,7-8,11,15,19H,4,6,9-10,12,16H2,1-3H3. The van der Waals surface area contributed by atoms with Crippen LogP contribution < -0.4 is 5.73 Å². The Hall–Kier alpha value is -1.10. The molecule has 108 valence electrons. The van der Waals surface area contributed by atoms with Gasteiger partial charge in [-0.15, -0.1) is 0 Å². The number of nitrogens with two attached hydrogens (primary N) is 1. The molecule has 0 amide bonds. The van der Waals surface area contributed by atoms with E-state index in [1.54, 1.807) is 0 Å². The van der Waals surface area contributed by atoms with Crippen molar-refractivity contribution < 1.29 is 5.11 Å². The second kappa shape index (κ2) is 8.15. The zero-order valence-electron chi connectivity index (χ0n) is 12.3. The van der Waals surface area contributed by atoms with Crippen molar-refractivity contribution in [3.63, 3.8) is 0 Å². The molecule has 4 nitrogen and oxygen atoms in total. The molecule has 3 N–H and O–H groups in total. The second-order valence-electron chi connectivity index (χ2n) is 5.24. The molecule has 1 aromatic carbocycles. The van der Waals surface area contributed by atoms with Gasteiger partial charge in [-0.25, -0.2) is 0 Å². The number of benzene rings is 1. The number of hydrogen-bond acceptors (Lipinski definition) is 4. The summed E-state index contributed by atoms with van der Waals surface area (Å²) in [4.78, 5) is 4.46. The van der Waals surface area contributed by atoms with E-state index in [0.29, 0.717) is 12.2 Å². The Bertz CT molecular complexity index is 368. The van der Waals surface area contributed by atoms with Crippen LogP contribution in [0, 0.1) is 0 Å². The van der Waals surface area contributed by atoms with E-state index in [0.717, 1.165) is 31.6 Å². The first-order valence-electron chi connectivity index (χ1n) is 6.93. The van der Waals surface area contributed by atoms with Crippen molar-refractivity contribution in [3.8, 4) is 0 Å². The van der Waals surface area contributed by atoms with Gasteiger partial charge in [-0.3, -0.25) is 0 Å². The van der Waals surface area contributed by atoms with Gasteiger partial charge < -0.3 is 20.6 Å². The Labute approximate surface area is 116 Å². The maximum absolute atomic E-state index is 10.2. The largest absolute Gasteiger partial charge is 0.399 e. The molecule has 0 bridgehead atoms. The predicted octanol–water partition coefficient (Wildman–Crippen LogP) is 1.58. The lowest BCUT2D eigenvalue weighted by Gasteiger charge is -2.24. The molecule has 1 aromatic rings. The Morgan fingerprint density at radius 2 is 2.00 bits per heavy atom. The van der Waals surface area contributed by atoms with Crippen LogP contribution in [0.2, 0.25) is 0 Å². The first kappa shape index (κ1) is 16.0. The summed E-state index contributed by atoms with van der Waals surface area (Å²) < 4.78 is 0. The van der Waals surface area contributed by atoms with E-state index in [-0.39, 0.29) is 0 Å². The maximum atomic E-state index is 10.2. The molecule has 0 fully saturated rings. The molecular formula is C15H27N3O. The highest BCUT2D eigenvalue weighted by Crippen LogP contribution is 2.17. The molecule has 0 aromatic heterocycles. The zero-order chi connectivity index (χ0) is 14.3. The second-order valence-corrected chi connectivity index (χ2v) is 5.24. The lowest BCUT2D eigenvalue weighted by molar-refractivity contribution is 0.114. The molecule has 0 saturated carbocycles. The number of aliphatic hydroxyl groups excluding tert-OH is 1. The van der Waals surface area contributed by atoms with E-state index < -0.39 is 6.10 Å². The lowest BCUT2D eigenvalue weighted by Crippen LogP contribution is -2.31. The van der Waals surface area contributed by atoms with E-state index in [9.17, 15) is 5.11 Å². The van der Waals surface area contributed by atoms with Crippen LogP contribution in [0.3, 0.4) is 0 Å². The monoisotopic (exact) mass is 265 g/mol. The van der Waals surface area contributed by atoms with Crippen LogP contribution in [0.4, 0.5) is 5.69 Å². The molecule has 1 atom stereocenters. The quantitative estimate of drug-likeness (QED) is 0.701. The number of nitrogens with zero attached hydrogens (tertiary/aromatic N) is 2. The van der Waals surface area contributed by atoms with Crippen LogP contribution in [0.15, 0.2) is 24.3 Å². The van der Waals surface area contributed by atoms with Gasteiger partial charge in [0.25, 0.3) is 0 Å². The van der Waals surface area contributed by atoms with Crippen LogP contribution in [0.25, 0.3) is 0 Å². The van der Waals surface area contributed by atoms with Crippen molar-refractivity contribution in [2.24, 2.45) is 0 Å². The molecule has 0 aliphatic rings. The molecule has 4 heteroatoms. The number of rotatable bonds is 8. The van der Waals surface area contributed by atoms with Gasteiger partial charge in [-0.1, -0.05) is 19.1 Å². The van der Waals surface area contributed by atoms with Crippen molar-refractivity contribution in [1.29, 1.82) is 0 Å². The molecule has 1 rings (SSSR count). The van der Waals surface area contributed by atoms with Crippen molar-refractivity contribution in [2.75, 3.05) is 46.0 Å². The summed E-state index contributed by atoms with van der Waals surface area (Å²) in [6, 6.07) is 7.49. The summed E-state index contributed by atoms with van der Waals surface area (Å²) in [5, 5.41) is 10.2. The first-order chi connectivity index (χ1) is 9.02. The molecule has 0 spiro atoms. The SMILES string of the molecule is CCN(CCCN(C)C)CC(O)c1cccc(N)c1. The van der Waals surface area contributed by atoms with Crippen molar-refractivity contribution in [2.45, 2.75) is 19.4 Å². The average molecular weight is 265 g/mol. The Morgan fingerprint density at radius 3 is 2.58 bits per heavy atom. The third-order valence-corrected chi connectivity index (χ3v) is 3.25. The van der Waals surface area contributed by atoms with Crippen molar-refractivity contribution in [1.82, 2.24) is 9.80 Å². The van der Waals surface area contributed by atoms with Crippen LogP contribution >= 0.6 is 0 Å². The molecule has 0 radical (unpaired) electrons. The summed E-state index contributed by atoms with van der Waals surface area (Å²) in [6.07, 6.45) is 0.646. The highest BCUT2D eigenvalue weighted by Gasteiger charge is 2.12. The van der Waals surface area contributed by atoms with E-state index >= 15 is 0 Å². The minimum Gasteiger partial charge on any atom is -0.399 e. The lowest BCUT2D eigenvalue weighted by atomic mass is 10.1. The van der Waals surface area contributed by atoms with Gasteiger partial charge >= 0.3 is 0 Å². The maximum Gasteiger partial charge on any atom is 0.0917 e. The topological polar surface area (TPSA) is 52.7 Å². The highest BCUT2D eigenvalue weighted by atomic mass is 16.3. The summed E-state index contributed by atoms with van der Waals surface area (Å²) in [7, 11) is 4.16. The fourth-order valence-corrected chi connectivity index (χ4v) is 2.11. The number of aliphatic hydroxyl groups is 1. The molecule has 19 heavy (non-hydrogen) atoms. The highest BCUT2D eigenvalue weighted by molar-refractivity contribution is 5.41. The van der Waals surface area contributed by atoms with Crippen LogP contribution in [-0.2, 0) is 0 Å². The van der Waals surface area contributed by atoms with Gasteiger partial charge in [0.05, 0.1) is 6.10 Å². The first-order valence-corrected chi connectivity index (χ1v) is 6.93. The number of nitrogen functional groups attached to an aromatic ring is 1. The fourth-order valence-electron chi connectivity index (χ4n) is 2.11. The van der Waals surface area contributed by atoms with Crippen molar-refractivity contribution in [3.05, 3.63) is 29.8 Å². The molecule has 0 aliphatic carbocycles. The fraction of sp³-hybridized carbons (Fsp3) is 0.600. The molecule has 0 heterocycles. The van der Waals surface area contributed by atoms with Gasteiger partial charge in [0.1, 0.15) is 0 Å². The molecule has 1 unspecified atom stereocenters. The molecule has 0 saturated heterocycles. The summed E-state index contributed by atoms with van der Waals surface area (Å²) >= 11 is 0. The number of anilines is 1. The Morgan fingerprint density at radius 1 is 1.26 bits per heavy atom. The summed E-state index contributed by atoms with van der Waals surface area (Å²) in [5.74, 6) is 0. The van der Waals surface area contributed by atoms with Crippen molar-refractivity contribution >= 4 is 5.69 Å². The predicted molar refractivity (Wildman–Crippen MR) is 81.1 cm³/mol. The van der Waals surface area contributed by atoms with E-state index in [1.807, 2.05) is 24.3 Å². The number of likely N-dealkylation sites (N-methyl/N-ethyl adjacent to an activating group) is 1. The van der Waals surface area contributed by atoms with Gasteiger partial charge in [0, 0.05) is 12.2 Å². The summed E-state index contributed by atoms with van der Waals surface area (Å²) in [6.45, 7) is 5.82. The summed E-state index contributed by atoms with van der Waals surface area (Å²) in [5.41, 5.74) is 7.34. The Kier molecular flexibility index (Phi) is 6.84. The zero-order valence-corrected chi connectivity index (χ0v) is 12.3. The normalized spacial score (nSPS) is 13.2. The number of hydrogen-bond donors (Lipinski definition) is 2. The van der Waals surface area contributed by atoms with E-state index in [2.05, 4.69) is 30.8 Å². The van der Waals surface area contributed by atoms with Gasteiger partial charge in [0.2, 0.25) is 0 Å². The minimum atomic E-state index is -0.470. The Balaban J connectivity index is 2.46.